The van der Waals surface area contributed by atoms with Crippen LogP contribution in [0.25, 0.3) is 11.1 Å². The van der Waals surface area contributed by atoms with E-state index in [1.807, 2.05) is 0 Å². The summed E-state index contributed by atoms with van der Waals surface area (Å²) in [6.45, 7) is 0. The Morgan fingerprint density at radius 1 is 0.750 bits per heavy atom. The first-order valence-electron chi connectivity index (χ1n) is 7.16. The highest BCUT2D eigenvalue weighted by atomic mass is 19.4. The van der Waals surface area contributed by atoms with Crippen LogP contribution in [-0.2, 0) is 6.18 Å². The molecule has 1 atom stereocenters. The maximum atomic E-state index is 12.5. The summed E-state index contributed by atoms with van der Waals surface area (Å²) in [6, 6.07) is 10.4. The van der Waals surface area contributed by atoms with Gasteiger partial charge in [-0.1, -0.05) is 36.4 Å². The van der Waals surface area contributed by atoms with E-state index in [2.05, 4.69) is 0 Å². The van der Waals surface area contributed by atoms with Crippen LogP contribution in [0.4, 0.5) is 26.3 Å². The number of halogens is 6. The molecule has 0 saturated carbocycles. The van der Waals surface area contributed by atoms with Gasteiger partial charge in [-0.2, -0.15) is 26.3 Å². The SMILES string of the molecule is N[C@@H](CCC(F)(F)F)c1ccc(-c2ccc(C(F)(F)F)cc2)cc1. The van der Waals surface area contributed by atoms with E-state index in [1.165, 1.54) is 12.1 Å². The molecule has 0 saturated heterocycles. The lowest BCUT2D eigenvalue weighted by Crippen LogP contribution is -2.15. The molecule has 7 heteroatoms. The molecule has 0 aliphatic heterocycles. The summed E-state index contributed by atoms with van der Waals surface area (Å²) in [5.41, 5.74) is 6.79. The van der Waals surface area contributed by atoms with Crippen molar-refractivity contribution in [2.45, 2.75) is 31.2 Å². The molecule has 0 unspecified atom stereocenters. The molecule has 1 nitrogen and oxygen atoms in total. The average molecular weight is 347 g/mol. The highest BCUT2D eigenvalue weighted by molar-refractivity contribution is 5.64. The molecule has 0 radical (unpaired) electrons. The standard InChI is InChI=1S/C17H15F6N/c18-16(19,20)10-9-15(24)13-3-1-11(2-4-13)12-5-7-14(8-6-12)17(21,22)23/h1-8,15H,9-10,24H2/t15-/m0/s1. The van der Waals surface area contributed by atoms with Gasteiger partial charge in [0, 0.05) is 12.5 Å². The predicted octanol–water partition coefficient (Wildman–Crippen LogP) is 5.71. The number of rotatable bonds is 4. The quantitative estimate of drug-likeness (QED) is 0.704. The lowest BCUT2D eigenvalue weighted by molar-refractivity contribution is -0.138. The molecule has 2 aromatic rings. The summed E-state index contributed by atoms with van der Waals surface area (Å²) in [5.74, 6) is 0. The number of hydrogen-bond donors (Lipinski definition) is 1. The van der Waals surface area contributed by atoms with E-state index < -0.39 is 30.4 Å². The first kappa shape index (κ1) is 18.3. The number of nitrogens with two attached hydrogens (primary N) is 1. The van der Waals surface area contributed by atoms with E-state index in [9.17, 15) is 26.3 Å². The molecular weight excluding hydrogens is 332 g/mol. The third kappa shape index (κ3) is 4.99. The maximum absolute atomic E-state index is 12.5. The average Bonchev–Trinajstić information content (AvgIpc) is 2.51. The van der Waals surface area contributed by atoms with E-state index in [1.54, 1.807) is 24.3 Å². The van der Waals surface area contributed by atoms with Crippen LogP contribution in [0, 0.1) is 0 Å². The Morgan fingerprint density at radius 3 is 1.62 bits per heavy atom. The van der Waals surface area contributed by atoms with Crippen molar-refractivity contribution in [3.8, 4) is 11.1 Å². The third-order valence-corrected chi connectivity index (χ3v) is 3.62. The van der Waals surface area contributed by atoms with E-state index in [0.29, 0.717) is 16.7 Å². The topological polar surface area (TPSA) is 26.0 Å². The van der Waals surface area contributed by atoms with Crippen LogP contribution in [0.2, 0.25) is 0 Å². The second kappa shape index (κ2) is 6.84. The molecule has 0 fully saturated rings. The summed E-state index contributed by atoms with van der Waals surface area (Å²) in [6.07, 6.45) is -9.83. The second-order valence-electron chi connectivity index (χ2n) is 5.46. The van der Waals surface area contributed by atoms with Gasteiger partial charge in [-0.15, -0.1) is 0 Å². The van der Waals surface area contributed by atoms with Crippen LogP contribution in [0.3, 0.4) is 0 Å². The zero-order valence-corrected chi connectivity index (χ0v) is 12.5. The lowest BCUT2D eigenvalue weighted by atomic mass is 9.98. The maximum Gasteiger partial charge on any atom is 0.416 e. The molecule has 0 bridgehead atoms. The third-order valence-electron chi connectivity index (χ3n) is 3.62. The van der Waals surface area contributed by atoms with Crippen molar-refractivity contribution < 1.29 is 26.3 Å². The van der Waals surface area contributed by atoms with Gasteiger partial charge in [0.25, 0.3) is 0 Å². The van der Waals surface area contributed by atoms with Crippen molar-refractivity contribution >= 4 is 0 Å². The molecule has 130 valence electrons. The van der Waals surface area contributed by atoms with Crippen LogP contribution in [0.1, 0.15) is 30.0 Å². The molecular formula is C17H15F6N. The Morgan fingerprint density at radius 2 is 1.21 bits per heavy atom. The summed E-state index contributed by atoms with van der Waals surface area (Å²) in [4.78, 5) is 0. The number of benzene rings is 2. The number of alkyl halides is 6. The summed E-state index contributed by atoms with van der Waals surface area (Å²) in [7, 11) is 0. The molecule has 24 heavy (non-hydrogen) atoms. The van der Waals surface area contributed by atoms with Crippen molar-refractivity contribution in [1.29, 1.82) is 0 Å². The van der Waals surface area contributed by atoms with Gasteiger partial charge in [0.1, 0.15) is 0 Å². The highest BCUT2D eigenvalue weighted by Crippen LogP contribution is 2.31. The van der Waals surface area contributed by atoms with Gasteiger partial charge >= 0.3 is 12.4 Å². The summed E-state index contributed by atoms with van der Waals surface area (Å²) >= 11 is 0. The minimum atomic E-state index is -4.40. The monoisotopic (exact) mass is 347 g/mol. The molecule has 0 aromatic heterocycles. The highest BCUT2D eigenvalue weighted by Gasteiger charge is 2.30. The fourth-order valence-corrected chi connectivity index (χ4v) is 2.26. The van der Waals surface area contributed by atoms with Gasteiger partial charge in [-0.3, -0.25) is 0 Å². The lowest BCUT2D eigenvalue weighted by Gasteiger charge is -2.14. The van der Waals surface area contributed by atoms with Crippen molar-refractivity contribution in [2.75, 3.05) is 0 Å². The normalized spacial score (nSPS) is 13.8. The van der Waals surface area contributed by atoms with Gasteiger partial charge in [-0.05, 0) is 35.2 Å². The first-order valence-corrected chi connectivity index (χ1v) is 7.16. The van der Waals surface area contributed by atoms with E-state index in [4.69, 9.17) is 5.73 Å². The Labute approximate surface area is 135 Å². The first-order chi connectivity index (χ1) is 11.1. The van der Waals surface area contributed by atoms with Gasteiger partial charge in [0.15, 0.2) is 0 Å². The van der Waals surface area contributed by atoms with Gasteiger partial charge in [0.2, 0.25) is 0 Å². The van der Waals surface area contributed by atoms with Crippen LogP contribution in [0.15, 0.2) is 48.5 Å². The molecule has 2 N–H and O–H groups in total. The second-order valence-corrected chi connectivity index (χ2v) is 5.46. The Hall–Kier alpha value is -2.02. The number of hydrogen-bond acceptors (Lipinski definition) is 1. The zero-order valence-electron chi connectivity index (χ0n) is 12.5. The fraction of sp³-hybridized carbons (Fsp3) is 0.294. The van der Waals surface area contributed by atoms with Crippen molar-refractivity contribution in [2.24, 2.45) is 5.73 Å². The smallest absolute Gasteiger partial charge is 0.324 e. The van der Waals surface area contributed by atoms with E-state index in [0.717, 1.165) is 12.1 Å². The van der Waals surface area contributed by atoms with E-state index in [-0.39, 0.29) is 6.42 Å². The zero-order chi connectivity index (χ0) is 18.0. The molecule has 2 rings (SSSR count). The minimum absolute atomic E-state index is 0.219. The molecule has 0 heterocycles. The summed E-state index contributed by atoms with van der Waals surface area (Å²) in [5, 5.41) is 0. The van der Waals surface area contributed by atoms with Crippen LogP contribution in [-0.4, -0.2) is 6.18 Å². The predicted molar refractivity (Wildman–Crippen MR) is 79.1 cm³/mol. The Balaban J connectivity index is 2.09. The van der Waals surface area contributed by atoms with Crippen molar-refractivity contribution in [3.63, 3.8) is 0 Å². The van der Waals surface area contributed by atoms with E-state index >= 15 is 0 Å². The Bertz CT molecular complexity index is 655. The van der Waals surface area contributed by atoms with Crippen LogP contribution in [0.5, 0.6) is 0 Å². The molecule has 0 amide bonds. The molecule has 0 spiro atoms. The largest absolute Gasteiger partial charge is 0.416 e. The fourth-order valence-electron chi connectivity index (χ4n) is 2.26. The van der Waals surface area contributed by atoms with Gasteiger partial charge in [0.05, 0.1) is 5.56 Å². The Kier molecular flexibility index (Phi) is 5.22. The molecule has 0 aliphatic carbocycles. The van der Waals surface area contributed by atoms with Gasteiger partial charge < -0.3 is 5.73 Å². The summed E-state index contributed by atoms with van der Waals surface area (Å²) < 4.78 is 74.2. The minimum Gasteiger partial charge on any atom is -0.324 e. The van der Waals surface area contributed by atoms with Gasteiger partial charge in [-0.25, -0.2) is 0 Å². The van der Waals surface area contributed by atoms with Crippen molar-refractivity contribution in [3.05, 3.63) is 59.7 Å². The van der Waals surface area contributed by atoms with Crippen molar-refractivity contribution in [1.82, 2.24) is 0 Å². The molecule has 2 aromatic carbocycles. The van der Waals surface area contributed by atoms with Crippen LogP contribution >= 0.6 is 0 Å². The van der Waals surface area contributed by atoms with Crippen LogP contribution < -0.4 is 5.73 Å². The molecule has 0 aliphatic rings.